The summed E-state index contributed by atoms with van der Waals surface area (Å²) < 4.78 is 37.0. The molecule has 0 radical (unpaired) electrons. The van der Waals surface area contributed by atoms with E-state index in [1.165, 1.54) is 6.07 Å². The molecule has 5 nitrogen and oxygen atoms in total. The van der Waals surface area contributed by atoms with E-state index >= 15 is 0 Å². The Balaban J connectivity index is 1.76. The maximum absolute atomic E-state index is 14.1. The van der Waals surface area contributed by atoms with Crippen molar-refractivity contribution in [2.75, 3.05) is 11.6 Å². The standard InChI is InChI=1S/C19H17FN2O3S2/c1-3-18-22-17(11-26-18)12-4-6-13(7-5-12)21-19(23)15-9-8-14(10-16(15)20)27(2,24)25/h4-11H,3H2,1-2H3,(H,21,23). The molecule has 2 aromatic carbocycles. The van der Waals surface area contributed by atoms with Gasteiger partial charge in [0.25, 0.3) is 5.91 Å². The average Bonchev–Trinajstić information content (AvgIpc) is 3.10. The Labute approximate surface area is 160 Å². The van der Waals surface area contributed by atoms with E-state index in [0.717, 1.165) is 41.1 Å². The lowest BCUT2D eigenvalue weighted by atomic mass is 10.1. The number of anilines is 1. The zero-order chi connectivity index (χ0) is 19.6. The molecule has 1 N–H and O–H groups in total. The highest BCUT2D eigenvalue weighted by Crippen LogP contribution is 2.24. The van der Waals surface area contributed by atoms with Gasteiger partial charge in [0.1, 0.15) is 5.82 Å². The van der Waals surface area contributed by atoms with Crippen LogP contribution in [0.5, 0.6) is 0 Å². The maximum Gasteiger partial charge on any atom is 0.258 e. The van der Waals surface area contributed by atoms with E-state index in [-0.39, 0.29) is 10.5 Å². The number of rotatable bonds is 5. The van der Waals surface area contributed by atoms with Gasteiger partial charge in [0.05, 0.1) is 21.2 Å². The Kier molecular flexibility index (Phi) is 5.38. The molecule has 1 heterocycles. The summed E-state index contributed by atoms with van der Waals surface area (Å²) in [5.41, 5.74) is 2.07. The van der Waals surface area contributed by atoms with Crippen LogP contribution in [0.1, 0.15) is 22.3 Å². The summed E-state index contributed by atoms with van der Waals surface area (Å²) in [6, 6.07) is 10.3. The second-order valence-electron chi connectivity index (χ2n) is 5.93. The first-order chi connectivity index (χ1) is 12.8. The highest BCUT2D eigenvalue weighted by Gasteiger charge is 2.16. The first kappa shape index (κ1) is 19.2. The smallest absolute Gasteiger partial charge is 0.258 e. The molecule has 0 aliphatic rings. The summed E-state index contributed by atoms with van der Waals surface area (Å²) in [6.07, 6.45) is 1.86. The van der Waals surface area contributed by atoms with Gasteiger partial charge in [-0.1, -0.05) is 19.1 Å². The zero-order valence-corrected chi connectivity index (χ0v) is 16.3. The number of halogens is 1. The highest BCUT2D eigenvalue weighted by atomic mass is 32.2. The van der Waals surface area contributed by atoms with Crippen molar-refractivity contribution in [2.24, 2.45) is 0 Å². The number of carbonyl (C=O) groups is 1. The molecule has 0 bridgehead atoms. The minimum atomic E-state index is -3.53. The van der Waals surface area contributed by atoms with Crippen LogP contribution in [0.25, 0.3) is 11.3 Å². The zero-order valence-electron chi connectivity index (χ0n) is 14.7. The molecule has 140 valence electrons. The lowest BCUT2D eigenvalue weighted by Gasteiger charge is -2.08. The molecule has 3 rings (SSSR count). The molecule has 8 heteroatoms. The number of benzene rings is 2. The molecule has 1 amide bonds. The number of thiazole rings is 1. The summed E-state index contributed by atoms with van der Waals surface area (Å²) >= 11 is 1.60. The quantitative estimate of drug-likeness (QED) is 0.693. The van der Waals surface area contributed by atoms with Gasteiger partial charge in [-0.05, 0) is 36.8 Å². The van der Waals surface area contributed by atoms with Crippen LogP contribution >= 0.6 is 11.3 Å². The third-order valence-electron chi connectivity index (χ3n) is 3.91. The van der Waals surface area contributed by atoms with Gasteiger partial charge in [-0.15, -0.1) is 11.3 Å². The van der Waals surface area contributed by atoms with E-state index in [9.17, 15) is 17.6 Å². The normalized spacial score (nSPS) is 11.4. The fraction of sp³-hybridized carbons (Fsp3) is 0.158. The highest BCUT2D eigenvalue weighted by molar-refractivity contribution is 7.90. The maximum atomic E-state index is 14.1. The summed E-state index contributed by atoms with van der Waals surface area (Å²) in [5.74, 6) is -1.54. The van der Waals surface area contributed by atoms with E-state index in [2.05, 4.69) is 10.3 Å². The number of hydrogen-bond donors (Lipinski definition) is 1. The van der Waals surface area contributed by atoms with E-state index in [1.807, 2.05) is 24.4 Å². The monoisotopic (exact) mass is 404 g/mol. The van der Waals surface area contributed by atoms with Crippen molar-refractivity contribution in [3.05, 3.63) is 64.2 Å². The van der Waals surface area contributed by atoms with Crippen LogP contribution in [0.4, 0.5) is 10.1 Å². The van der Waals surface area contributed by atoms with E-state index in [4.69, 9.17) is 0 Å². The van der Waals surface area contributed by atoms with Crippen molar-refractivity contribution < 1.29 is 17.6 Å². The van der Waals surface area contributed by atoms with Gasteiger partial charge in [-0.2, -0.15) is 0 Å². The first-order valence-corrected chi connectivity index (χ1v) is 10.9. The molecule has 0 saturated heterocycles. The lowest BCUT2D eigenvalue weighted by Crippen LogP contribution is -2.14. The number of aromatic nitrogens is 1. The van der Waals surface area contributed by atoms with E-state index in [0.29, 0.717) is 5.69 Å². The third-order valence-corrected chi connectivity index (χ3v) is 6.01. The molecule has 0 aliphatic carbocycles. The largest absolute Gasteiger partial charge is 0.322 e. The minimum absolute atomic E-state index is 0.171. The van der Waals surface area contributed by atoms with Gasteiger partial charge in [0.15, 0.2) is 9.84 Å². The molecular formula is C19H17FN2O3S2. The van der Waals surface area contributed by atoms with Crippen molar-refractivity contribution in [1.29, 1.82) is 0 Å². The Hall–Kier alpha value is -2.58. The summed E-state index contributed by atoms with van der Waals surface area (Å²) in [4.78, 5) is 16.6. The topological polar surface area (TPSA) is 76.1 Å². The second-order valence-corrected chi connectivity index (χ2v) is 8.88. The van der Waals surface area contributed by atoms with Crippen LogP contribution in [0.3, 0.4) is 0 Å². The molecule has 1 aromatic heterocycles. The van der Waals surface area contributed by atoms with Crippen molar-refractivity contribution >= 4 is 32.8 Å². The third kappa shape index (κ3) is 4.40. The van der Waals surface area contributed by atoms with Crippen molar-refractivity contribution in [2.45, 2.75) is 18.2 Å². The number of aryl methyl sites for hydroxylation is 1. The number of nitrogens with one attached hydrogen (secondary N) is 1. The minimum Gasteiger partial charge on any atom is -0.322 e. The Bertz CT molecular complexity index is 1090. The van der Waals surface area contributed by atoms with Crippen LogP contribution in [0.15, 0.2) is 52.7 Å². The van der Waals surface area contributed by atoms with Crippen LogP contribution in [0, 0.1) is 5.82 Å². The molecule has 0 spiro atoms. The van der Waals surface area contributed by atoms with Gasteiger partial charge >= 0.3 is 0 Å². The fourth-order valence-electron chi connectivity index (χ4n) is 2.44. The van der Waals surface area contributed by atoms with Gasteiger partial charge in [0, 0.05) is 22.9 Å². The molecule has 0 saturated carbocycles. The van der Waals surface area contributed by atoms with Crippen molar-refractivity contribution in [1.82, 2.24) is 4.98 Å². The second kappa shape index (κ2) is 7.58. The van der Waals surface area contributed by atoms with Crippen LogP contribution in [-0.2, 0) is 16.3 Å². The molecule has 0 fully saturated rings. The molecule has 0 aliphatic heterocycles. The van der Waals surface area contributed by atoms with Crippen molar-refractivity contribution in [3.8, 4) is 11.3 Å². The molecular weight excluding hydrogens is 387 g/mol. The predicted molar refractivity (Wildman–Crippen MR) is 104 cm³/mol. The molecule has 3 aromatic rings. The number of carbonyl (C=O) groups excluding carboxylic acids is 1. The van der Waals surface area contributed by atoms with E-state index < -0.39 is 21.6 Å². The average molecular weight is 404 g/mol. The van der Waals surface area contributed by atoms with Gasteiger partial charge < -0.3 is 5.32 Å². The summed E-state index contributed by atoms with van der Waals surface area (Å²) in [6.45, 7) is 2.04. The number of nitrogens with zero attached hydrogens (tertiary/aromatic N) is 1. The van der Waals surface area contributed by atoms with E-state index in [1.54, 1.807) is 23.5 Å². The number of amides is 1. The van der Waals surface area contributed by atoms with Gasteiger partial charge in [-0.25, -0.2) is 17.8 Å². The van der Waals surface area contributed by atoms with Crippen LogP contribution < -0.4 is 5.32 Å². The lowest BCUT2D eigenvalue weighted by molar-refractivity contribution is 0.102. The molecule has 0 atom stereocenters. The Morgan fingerprint density at radius 1 is 1.19 bits per heavy atom. The molecule has 0 unspecified atom stereocenters. The van der Waals surface area contributed by atoms with Gasteiger partial charge in [0.2, 0.25) is 0 Å². The van der Waals surface area contributed by atoms with Crippen LogP contribution in [0.2, 0.25) is 0 Å². The SMILES string of the molecule is CCc1nc(-c2ccc(NC(=O)c3ccc(S(C)(=O)=O)cc3F)cc2)cs1. The van der Waals surface area contributed by atoms with Crippen molar-refractivity contribution in [3.63, 3.8) is 0 Å². The summed E-state index contributed by atoms with van der Waals surface area (Å²) in [7, 11) is -3.53. The fourth-order valence-corrected chi connectivity index (χ4v) is 3.83. The number of hydrogen-bond acceptors (Lipinski definition) is 5. The first-order valence-electron chi connectivity index (χ1n) is 8.13. The van der Waals surface area contributed by atoms with Gasteiger partial charge in [-0.3, -0.25) is 4.79 Å². The van der Waals surface area contributed by atoms with Crippen LogP contribution in [-0.4, -0.2) is 25.6 Å². The Morgan fingerprint density at radius 3 is 2.44 bits per heavy atom. The number of sulfone groups is 1. The Morgan fingerprint density at radius 2 is 1.89 bits per heavy atom. The predicted octanol–water partition coefficient (Wildman–Crippen LogP) is 4.17. The summed E-state index contributed by atoms with van der Waals surface area (Å²) in [5, 5.41) is 5.63. The molecule has 27 heavy (non-hydrogen) atoms.